The van der Waals surface area contributed by atoms with Crippen LogP contribution < -0.4 is 5.32 Å². The van der Waals surface area contributed by atoms with Crippen LogP contribution in [0, 0.1) is 0 Å². The van der Waals surface area contributed by atoms with Crippen molar-refractivity contribution >= 4 is 11.3 Å². The molecule has 0 unspecified atom stereocenters. The third-order valence-electron chi connectivity index (χ3n) is 3.10. The summed E-state index contributed by atoms with van der Waals surface area (Å²) in [6.07, 6.45) is 4.57. The third-order valence-corrected chi connectivity index (χ3v) is 4.00. The Labute approximate surface area is 119 Å². The van der Waals surface area contributed by atoms with E-state index in [9.17, 15) is 0 Å². The second kappa shape index (κ2) is 7.75. The lowest BCUT2D eigenvalue weighted by Crippen LogP contribution is -2.27. The Hall–Kier alpha value is -0.750. The topological polar surface area (TPSA) is 37.4 Å². The summed E-state index contributed by atoms with van der Waals surface area (Å²) in [4.78, 5) is 6.97. The molecule has 0 radical (unpaired) electrons. The fourth-order valence-corrected chi connectivity index (χ4v) is 2.62. The van der Waals surface area contributed by atoms with Gasteiger partial charge in [-0.3, -0.25) is 4.90 Å². The quantitative estimate of drug-likeness (QED) is 0.666. The molecular formula is C14H23N3OS. The number of hydrogen-bond donors (Lipinski definition) is 1. The zero-order valence-electron chi connectivity index (χ0n) is 11.6. The number of nitrogens with zero attached hydrogens (tertiary/aromatic N) is 2. The normalized spacial score (nSPS) is 15.1. The first kappa shape index (κ1) is 14.7. The van der Waals surface area contributed by atoms with Gasteiger partial charge in [0.2, 0.25) is 0 Å². The fourth-order valence-electron chi connectivity index (χ4n) is 1.89. The number of thiazole rings is 1. The number of nitrogens with one attached hydrogen (secondary N) is 1. The molecule has 0 aliphatic heterocycles. The lowest BCUT2D eigenvalue weighted by atomic mass is 10.4. The molecule has 1 aliphatic rings. The van der Waals surface area contributed by atoms with Gasteiger partial charge in [-0.25, -0.2) is 4.98 Å². The van der Waals surface area contributed by atoms with E-state index in [-0.39, 0.29) is 0 Å². The molecule has 1 aromatic rings. The molecule has 1 heterocycles. The van der Waals surface area contributed by atoms with Crippen LogP contribution in [0.15, 0.2) is 18.0 Å². The van der Waals surface area contributed by atoms with Crippen molar-refractivity contribution < 1.29 is 4.74 Å². The predicted molar refractivity (Wildman–Crippen MR) is 79.3 cm³/mol. The zero-order chi connectivity index (χ0) is 13.5. The lowest BCUT2D eigenvalue weighted by molar-refractivity contribution is 0.150. The minimum atomic E-state index is 0.742. The Kier molecular flexibility index (Phi) is 5.97. The highest BCUT2D eigenvalue weighted by atomic mass is 32.1. The van der Waals surface area contributed by atoms with Crippen LogP contribution in [-0.2, 0) is 17.8 Å². The number of rotatable bonds is 10. The first-order chi connectivity index (χ1) is 9.31. The van der Waals surface area contributed by atoms with Crippen molar-refractivity contribution in [2.75, 3.05) is 26.8 Å². The van der Waals surface area contributed by atoms with Gasteiger partial charge in [-0.15, -0.1) is 17.9 Å². The monoisotopic (exact) mass is 281 g/mol. The Balaban J connectivity index is 1.79. The molecule has 106 valence electrons. The van der Waals surface area contributed by atoms with E-state index < -0.39 is 0 Å². The van der Waals surface area contributed by atoms with Gasteiger partial charge >= 0.3 is 0 Å². The Morgan fingerprint density at radius 2 is 2.47 bits per heavy atom. The minimum absolute atomic E-state index is 0.742. The zero-order valence-corrected chi connectivity index (χ0v) is 12.4. The van der Waals surface area contributed by atoms with Crippen LogP contribution in [0.1, 0.15) is 23.5 Å². The van der Waals surface area contributed by atoms with Gasteiger partial charge in [0.15, 0.2) is 0 Å². The van der Waals surface area contributed by atoms with Crippen LogP contribution in [0.3, 0.4) is 0 Å². The summed E-state index contributed by atoms with van der Waals surface area (Å²) in [6, 6.07) is 0.742. The van der Waals surface area contributed by atoms with Crippen molar-refractivity contribution in [1.29, 1.82) is 0 Å². The summed E-state index contributed by atoms with van der Waals surface area (Å²) in [5, 5.41) is 6.84. The molecule has 1 saturated carbocycles. The average molecular weight is 281 g/mol. The van der Waals surface area contributed by atoms with Crippen molar-refractivity contribution in [3.05, 3.63) is 28.7 Å². The molecule has 19 heavy (non-hydrogen) atoms. The second-order valence-electron chi connectivity index (χ2n) is 4.90. The van der Waals surface area contributed by atoms with Gasteiger partial charge < -0.3 is 10.1 Å². The molecule has 1 aromatic heterocycles. The summed E-state index contributed by atoms with van der Waals surface area (Å²) in [7, 11) is 1.73. The van der Waals surface area contributed by atoms with E-state index in [1.807, 2.05) is 6.08 Å². The highest BCUT2D eigenvalue weighted by Crippen LogP contribution is 2.20. The molecule has 5 heteroatoms. The summed E-state index contributed by atoms with van der Waals surface area (Å²) < 4.78 is 5.13. The molecule has 0 amide bonds. The highest BCUT2D eigenvalue weighted by molar-refractivity contribution is 7.09. The number of ether oxygens (including phenoxy) is 1. The summed E-state index contributed by atoms with van der Waals surface area (Å²) in [5.74, 6) is 0. The van der Waals surface area contributed by atoms with Crippen LogP contribution in [0.25, 0.3) is 0 Å². The highest BCUT2D eigenvalue weighted by Gasteiger charge is 2.20. The van der Waals surface area contributed by atoms with Gasteiger partial charge in [-0.05, 0) is 12.8 Å². The van der Waals surface area contributed by atoms with Crippen LogP contribution in [0.4, 0.5) is 0 Å². The van der Waals surface area contributed by atoms with Crippen molar-refractivity contribution in [3.8, 4) is 0 Å². The van der Waals surface area contributed by atoms with Gasteiger partial charge in [-0.1, -0.05) is 6.08 Å². The van der Waals surface area contributed by atoms with E-state index >= 15 is 0 Å². The second-order valence-corrected chi connectivity index (χ2v) is 5.85. The largest absolute Gasteiger partial charge is 0.383 e. The molecule has 4 nitrogen and oxygen atoms in total. The molecule has 0 bridgehead atoms. The molecule has 0 atom stereocenters. The molecular weight excluding hydrogens is 258 g/mol. The van der Waals surface area contributed by atoms with Crippen LogP contribution in [0.2, 0.25) is 0 Å². The first-order valence-electron chi connectivity index (χ1n) is 6.80. The van der Waals surface area contributed by atoms with Crippen molar-refractivity contribution in [2.45, 2.75) is 32.0 Å². The molecule has 1 N–H and O–H groups in total. The van der Waals surface area contributed by atoms with E-state index in [2.05, 4.69) is 27.2 Å². The van der Waals surface area contributed by atoms with Crippen molar-refractivity contribution in [3.63, 3.8) is 0 Å². The van der Waals surface area contributed by atoms with E-state index in [1.54, 1.807) is 18.4 Å². The van der Waals surface area contributed by atoms with E-state index in [0.717, 1.165) is 44.5 Å². The molecule has 1 aliphatic carbocycles. The Morgan fingerprint density at radius 1 is 1.63 bits per heavy atom. The molecule has 0 saturated heterocycles. The molecule has 2 rings (SSSR count). The summed E-state index contributed by atoms with van der Waals surface area (Å²) >= 11 is 1.75. The Bertz CT molecular complexity index is 390. The minimum Gasteiger partial charge on any atom is -0.383 e. The van der Waals surface area contributed by atoms with Crippen LogP contribution >= 0.6 is 11.3 Å². The van der Waals surface area contributed by atoms with Gasteiger partial charge in [0.05, 0.1) is 12.3 Å². The van der Waals surface area contributed by atoms with Crippen molar-refractivity contribution in [2.24, 2.45) is 0 Å². The van der Waals surface area contributed by atoms with Crippen molar-refractivity contribution in [1.82, 2.24) is 15.2 Å². The lowest BCUT2D eigenvalue weighted by Gasteiger charge is -2.18. The maximum atomic E-state index is 5.13. The number of methoxy groups -OCH3 is 1. The van der Waals surface area contributed by atoms with Gasteiger partial charge in [0.25, 0.3) is 0 Å². The fraction of sp³-hybridized carbons (Fsp3) is 0.643. The number of hydrogen-bond acceptors (Lipinski definition) is 5. The molecule has 0 spiro atoms. The maximum absolute atomic E-state index is 5.13. The van der Waals surface area contributed by atoms with Crippen LogP contribution in [0.5, 0.6) is 0 Å². The Morgan fingerprint density at radius 3 is 3.16 bits per heavy atom. The van der Waals surface area contributed by atoms with Gasteiger partial charge in [-0.2, -0.15) is 0 Å². The van der Waals surface area contributed by atoms with E-state index in [0.29, 0.717) is 0 Å². The average Bonchev–Trinajstić information content (AvgIpc) is 3.14. The summed E-state index contributed by atoms with van der Waals surface area (Å²) in [6.45, 7) is 8.11. The molecule has 1 fully saturated rings. The van der Waals surface area contributed by atoms with Gasteiger partial charge in [0.1, 0.15) is 5.01 Å². The standard InChI is InChI=1S/C14H23N3OS/c1-3-6-17(7-8-18-2)10-13-11-19-14(16-13)9-15-12-4-5-12/h3,11-12,15H,1,4-10H2,2H3. The smallest absolute Gasteiger partial charge is 0.107 e. The third kappa shape index (κ3) is 5.40. The summed E-state index contributed by atoms with van der Waals surface area (Å²) in [5.41, 5.74) is 1.15. The predicted octanol–water partition coefficient (Wildman–Crippen LogP) is 2.03. The number of aromatic nitrogens is 1. The SMILES string of the molecule is C=CCN(CCOC)Cc1csc(CNC2CC2)n1. The van der Waals surface area contributed by atoms with E-state index in [1.165, 1.54) is 17.8 Å². The van der Waals surface area contributed by atoms with E-state index in [4.69, 9.17) is 4.74 Å². The first-order valence-corrected chi connectivity index (χ1v) is 7.68. The molecule has 0 aromatic carbocycles. The van der Waals surface area contributed by atoms with Gasteiger partial charge in [0, 0.05) is 44.7 Å². The van der Waals surface area contributed by atoms with Crippen LogP contribution in [-0.4, -0.2) is 42.7 Å². The maximum Gasteiger partial charge on any atom is 0.107 e.